The molecule has 1 aliphatic rings. The fourth-order valence-corrected chi connectivity index (χ4v) is 2.14. The zero-order valence-electron chi connectivity index (χ0n) is 11.2. The van der Waals surface area contributed by atoms with Crippen molar-refractivity contribution in [2.24, 2.45) is 0 Å². The molecule has 1 aromatic rings. The Morgan fingerprint density at radius 1 is 1.33 bits per heavy atom. The van der Waals surface area contributed by atoms with Gasteiger partial charge in [0, 0.05) is 0 Å². The molecule has 2 rings (SSSR count). The molecule has 1 heterocycles. The quantitative estimate of drug-likeness (QED) is 0.773. The van der Waals surface area contributed by atoms with Crippen molar-refractivity contribution < 1.29 is 19.0 Å². The molecule has 18 heavy (non-hydrogen) atoms. The van der Waals surface area contributed by atoms with Gasteiger partial charge in [-0.1, -0.05) is 0 Å². The third-order valence-electron chi connectivity index (χ3n) is 3.18. The Labute approximate surface area is 107 Å². The number of benzene rings is 1. The molecule has 0 unspecified atom stereocenters. The largest absolute Gasteiger partial charge is 0.465 e. The van der Waals surface area contributed by atoms with Crippen molar-refractivity contribution in [3.8, 4) is 11.5 Å². The van der Waals surface area contributed by atoms with Gasteiger partial charge in [-0.25, -0.2) is 0 Å². The molecule has 0 fully saturated rings. The van der Waals surface area contributed by atoms with Gasteiger partial charge in [0.1, 0.15) is 0 Å². The average molecular weight is 250 g/mol. The van der Waals surface area contributed by atoms with Crippen LogP contribution in [-0.4, -0.2) is 19.4 Å². The van der Waals surface area contributed by atoms with Crippen molar-refractivity contribution in [3.05, 3.63) is 23.3 Å². The molecule has 4 nitrogen and oxygen atoms in total. The Balaban J connectivity index is 2.41. The van der Waals surface area contributed by atoms with Crippen LogP contribution in [0, 0.1) is 6.92 Å². The molecule has 0 bridgehead atoms. The maximum atomic E-state index is 12.0. The predicted octanol–water partition coefficient (Wildman–Crippen LogP) is 2.56. The van der Waals surface area contributed by atoms with Crippen molar-refractivity contribution in [3.63, 3.8) is 0 Å². The van der Waals surface area contributed by atoms with Crippen molar-refractivity contribution in [2.75, 3.05) is 13.4 Å². The number of esters is 1. The fourth-order valence-electron chi connectivity index (χ4n) is 2.14. The Morgan fingerprint density at radius 2 is 1.94 bits per heavy atom. The lowest BCUT2D eigenvalue weighted by atomic mass is 9.82. The third kappa shape index (κ3) is 2.03. The van der Waals surface area contributed by atoms with Gasteiger partial charge in [0.15, 0.2) is 11.5 Å². The van der Waals surface area contributed by atoms with E-state index in [9.17, 15) is 4.79 Å². The molecule has 0 aliphatic carbocycles. The molecule has 98 valence electrons. The molecule has 0 saturated carbocycles. The third-order valence-corrected chi connectivity index (χ3v) is 3.18. The Hall–Kier alpha value is -1.71. The van der Waals surface area contributed by atoms with Gasteiger partial charge in [0.25, 0.3) is 0 Å². The average Bonchev–Trinajstić information content (AvgIpc) is 2.75. The predicted molar refractivity (Wildman–Crippen MR) is 67.0 cm³/mol. The number of rotatable bonds is 3. The smallest absolute Gasteiger partial charge is 0.315 e. The maximum Gasteiger partial charge on any atom is 0.315 e. The molecule has 0 N–H and O–H groups in total. The minimum absolute atomic E-state index is 0.230. The second-order valence-electron chi connectivity index (χ2n) is 4.87. The summed E-state index contributed by atoms with van der Waals surface area (Å²) in [6.07, 6.45) is 0. The van der Waals surface area contributed by atoms with E-state index in [4.69, 9.17) is 14.2 Å². The molecular formula is C14H18O4. The summed E-state index contributed by atoms with van der Waals surface area (Å²) in [5, 5.41) is 0. The van der Waals surface area contributed by atoms with Crippen LogP contribution in [0.4, 0.5) is 0 Å². The summed E-state index contributed by atoms with van der Waals surface area (Å²) in [6, 6.07) is 3.77. The normalized spacial score (nSPS) is 13.6. The zero-order valence-corrected chi connectivity index (χ0v) is 11.2. The number of aryl methyl sites for hydroxylation is 1. The van der Waals surface area contributed by atoms with Crippen LogP contribution in [0.25, 0.3) is 0 Å². The SMILES string of the molecule is CCOC(=O)C(C)(C)c1cc2c(cc1C)OCO2. The minimum atomic E-state index is -0.693. The van der Waals surface area contributed by atoms with Crippen LogP contribution in [0.15, 0.2) is 12.1 Å². The summed E-state index contributed by atoms with van der Waals surface area (Å²) in [4.78, 5) is 12.0. The lowest BCUT2D eigenvalue weighted by Crippen LogP contribution is -2.31. The van der Waals surface area contributed by atoms with E-state index in [2.05, 4.69) is 0 Å². The monoisotopic (exact) mass is 250 g/mol. The van der Waals surface area contributed by atoms with Crippen LogP contribution in [0.1, 0.15) is 31.9 Å². The highest BCUT2D eigenvalue weighted by Gasteiger charge is 2.34. The lowest BCUT2D eigenvalue weighted by molar-refractivity contribution is -0.148. The van der Waals surface area contributed by atoms with Crippen LogP contribution in [0.2, 0.25) is 0 Å². The van der Waals surface area contributed by atoms with Gasteiger partial charge in [-0.3, -0.25) is 4.79 Å². The number of carbonyl (C=O) groups is 1. The van der Waals surface area contributed by atoms with Crippen molar-refractivity contribution in [2.45, 2.75) is 33.1 Å². The van der Waals surface area contributed by atoms with E-state index in [1.807, 2.05) is 32.9 Å². The molecule has 0 amide bonds. The minimum Gasteiger partial charge on any atom is -0.465 e. The molecule has 0 aromatic heterocycles. The van der Waals surface area contributed by atoms with E-state index in [1.165, 1.54) is 0 Å². The summed E-state index contributed by atoms with van der Waals surface area (Å²) in [5.74, 6) is 1.19. The fraction of sp³-hybridized carbons (Fsp3) is 0.500. The molecule has 0 spiro atoms. The highest BCUT2D eigenvalue weighted by molar-refractivity contribution is 5.83. The number of carbonyl (C=O) groups excluding carboxylic acids is 1. The first kappa shape index (κ1) is 12.7. The first-order valence-electron chi connectivity index (χ1n) is 6.04. The van der Waals surface area contributed by atoms with Crippen LogP contribution in [-0.2, 0) is 14.9 Å². The van der Waals surface area contributed by atoms with E-state index in [0.717, 1.165) is 16.9 Å². The van der Waals surface area contributed by atoms with Crippen LogP contribution >= 0.6 is 0 Å². The number of ether oxygens (including phenoxy) is 3. The first-order valence-corrected chi connectivity index (χ1v) is 6.04. The van der Waals surface area contributed by atoms with E-state index < -0.39 is 5.41 Å². The van der Waals surface area contributed by atoms with Crippen LogP contribution in [0.5, 0.6) is 11.5 Å². The number of fused-ring (bicyclic) bond motifs is 1. The molecular weight excluding hydrogens is 232 g/mol. The van der Waals surface area contributed by atoms with E-state index in [0.29, 0.717) is 12.4 Å². The molecule has 1 aliphatic heterocycles. The molecule has 0 radical (unpaired) electrons. The van der Waals surface area contributed by atoms with Crippen molar-refractivity contribution >= 4 is 5.97 Å². The second-order valence-corrected chi connectivity index (χ2v) is 4.87. The summed E-state index contributed by atoms with van der Waals surface area (Å²) in [6.45, 7) is 8.09. The van der Waals surface area contributed by atoms with Crippen LogP contribution < -0.4 is 9.47 Å². The number of hydrogen-bond acceptors (Lipinski definition) is 4. The van der Waals surface area contributed by atoms with Crippen molar-refractivity contribution in [1.29, 1.82) is 0 Å². The Bertz CT molecular complexity index is 477. The molecule has 0 atom stereocenters. The maximum absolute atomic E-state index is 12.0. The van der Waals surface area contributed by atoms with Gasteiger partial charge in [-0.2, -0.15) is 0 Å². The second kappa shape index (κ2) is 4.52. The summed E-state index contributed by atoms with van der Waals surface area (Å²) < 4.78 is 15.8. The number of hydrogen-bond donors (Lipinski definition) is 0. The lowest BCUT2D eigenvalue weighted by Gasteiger charge is -2.25. The summed E-state index contributed by atoms with van der Waals surface area (Å²) in [7, 11) is 0. The molecule has 0 saturated heterocycles. The van der Waals surface area contributed by atoms with Gasteiger partial charge in [-0.15, -0.1) is 0 Å². The van der Waals surface area contributed by atoms with Crippen LogP contribution in [0.3, 0.4) is 0 Å². The van der Waals surface area contributed by atoms with E-state index >= 15 is 0 Å². The Kier molecular flexibility index (Phi) is 3.20. The summed E-state index contributed by atoms with van der Waals surface area (Å²) in [5.41, 5.74) is 1.21. The van der Waals surface area contributed by atoms with Crippen molar-refractivity contribution in [1.82, 2.24) is 0 Å². The highest BCUT2D eigenvalue weighted by Crippen LogP contribution is 2.39. The van der Waals surface area contributed by atoms with Gasteiger partial charge in [0.05, 0.1) is 12.0 Å². The zero-order chi connectivity index (χ0) is 13.3. The van der Waals surface area contributed by atoms with E-state index in [1.54, 1.807) is 6.92 Å². The topological polar surface area (TPSA) is 44.8 Å². The van der Waals surface area contributed by atoms with Gasteiger partial charge < -0.3 is 14.2 Å². The van der Waals surface area contributed by atoms with Gasteiger partial charge in [0.2, 0.25) is 6.79 Å². The van der Waals surface area contributed by atoms with Gasteiger partial charge in [-0.05, 0) is 51.0 Å². The summed E-state index contributed by atoms with van der Waals surface area (Å²) >= 11 is 0. The Morgan fingerprint density at radius 3 is 2.56 bits per heavy atom. The standard InChI is InChI=1S/C14H18O4/c1-5-16-13(15)14(3,4)10-7-12-11(6-9(10)2)17-8-18-12/h6-7H,5,8H2,1-4H3. The first-order chi connectivity index (χ1) is 8.46. The molecule has 4 heteroatoms. The molecule has 1 aromatic carbocycles. The van der Waals surface area contributed by atoms with Gasteiger partial charge >= 0.3 is 5.97 Å². The van der Waals surface area contributed by atoms with E-state index in [-0.39, 0.29) is 12.8 Å². The highest BCUT2D eigenvalue weighted by atomic mass is 16.7.